The van der Waals surface area contributed by atoms with Crippen molar-refractivity contribution in [2.24, 2.45) is 0 Å². The van der Waals surface area contributed by atoms with Gasteiger partial charge in [-0.25, -0.2) is 4.98 Å². The molecule has 2 aliphatic heterocycles. The van der Waals surface area contributed by atoms with E-state index in [1.165, 1.54) is 18.6 Å². The van der Waals surface area contributed by atoms with Crippen LogP contribution in [0.5, 0.6) is 0 Å². The number of benzene rings is 1. The van der Waals surface area contributed by atoms with Crippen molar-refractivity contribution >= 4 is 17.7 Å². The van der Waals surface area contributed by atoms with Crippen molar-refractivity contribution in [1.82, 2.24) is 25.5 Å². The summed E-state index contributed by atoms with van der Waals surface area (Å²) in [6, 6.07) is 8.34. The second kappa shape index (κ2) is 7.75. The van der Waals surface area contributed by atoms with Crippen molar-refractivity contribution < 1.29 is 14.4 Å². The zero-order valence-corrected chi connectivity index (χ0v) is 15.2. The van der Waals surface area contributed by atoms with Gasteiger partial charge in [-0.3, -0.25) is 19.4 Å². The van der Waals surface area contributed by atoms with Crippen molar-refractivity contribution in [3.63, 3.8) is 0 Å². The number of piperazine rings is 1. The van der Waals surface area contributed by atoms with Crippen LogP contribution < -0.4 is 10.6 Å². The molecule has 0 bridgehead atoms. The Kier molecular flexibility index (Phi) is 5.01. The van der Waals surface area contributed by atoms with E-state index >= 15 is 0 Å². The monoisotopic (exact) mass is 379 g/mol. The molecule has 28 heavy (non-hydrogen) atoms. The second-order valence-corrected chi connectivity index (χ2v) is 7.08. The van der Waals surface area contributed by atoms with E-state index in [1.54, 1.807) is 4.90 Å². The summed E-state index contributed by atoms with van der Waals surface area (Å²) in [5.41, 5.74) is 1.24. The largest absolute Gasteiger partial charge is 0.348 e. The molecule has 3 heterocycles. The van der Waals surface area contributed by atoms with Crippen LogP contribution in [0.3, 0.4) is 0 Å². The Bertz CT molecular complexity index is 874. The zero-order valence-electron chi connectivity index (χ0n) is 15.2. The van der Waals surface area contributed by atoms with Gasteiger partial charge in [-0.05, 0) is 18.4 Å². The average molecular weight is 379 g/mol. The maximum Gasteiger partial charge on any atom is 0.271 e. The molecule has 1 aromatic carbocycles. The number of carbonyl (C=O) groups is 3. The first kappa shape index (κ1) is 18.1. The highest BCUT2D eigenvalue weighted by atomic mass is 16.2. The van der Waals surface area contributed by atoms with E-state index in [2.05, 4.69) is 20.6 Å². The summed E-state index contributed by atoms with van der Waals surface area (Å²) in [5, 5.41) is 5.75. The maximum absolute atomic E-state index is 12.9. The summed E-state index contributed by atoms with van der Waals surface area (Å²) in [7, 11) is 0. The van der Waals surface area contributed by atoms with Crippen LogP contribution in [0.1, 0.15) is 28.9 Å². The molecule has 2 aliphatic rings. The zero-order chi connectivity index (χ0) is 19.5. The Labute approximate surface area is 162 Å². The van der Waals surface area contributed by atoms with Gasteiger partial charge in [0.2, 0.25) is 11.8 Å². The molecule has 144 valence electrons. The van der Waals surface area contributed by atoms with Crippen molar-refractivity contribution in [1.29, 1.82) is 0 Å². The normalized spacial score (nSPS) is 24.3. The molecule has 2 saturated heterocycles. The van der Waals surface area contributed by atoms with Gasteiger partial charge in [0.05, 0.1) is 6.20 Å². The predicted octanol–water partition coefficient (Wildman–Crippen LogP) is 0.307. The van der Waals surface area contributed by atoms with Crippen LogP contribution in [-0.2, 0) is 16.0 Å². The van der Waals surface area contributed by atoms with Crippen LogP contribution in [0.4, 0.5) is 0 Å². The van der Waals surface area contributed by atoms with Crippen LogP contribution in [0, 0.1) is 0 Å². The summed E-state index contributed by atoms with van der Waals surface area (Å²) < 4.78 is 0. The van der Waals surface area contributed by atoms with Gasteiger partial charge in [-0.2, -0.15) is 0 Å². The third kappa shape index (κ3) is 3.71. The summed E-state index contributed by atoms with van der Waals surface area (Å²) >= 11 is 0. The van der Waals surface area contributed by atoms with Crippen LogP contribution in [0.25, 0.3) is 0 Å². The topological polar surface area (TPSA) is 104 Å². The van der Waals surface area contributed by atoms with E-state index in [1.807, 2.05) is 30.3 Å². The van der Waals surface area contributed by atoms with Gasteiger partial charge in [0, 0.05) is 31.4 Å². The van der Waals surface area contributed by atoms with Crippen molar-refractivity contribution in [3.8, 4) is 0 Å². The first-order valence-electron chi connectivity index (χ1n) is 9.33. The lowest BCUT2D eigenvalue weighted by molar-refractivity contribution is -0.151. The third-order valence-corrected chi connectivity index (χ3v) is 5.22. The molecule has 0 unspecified atom stereocenters. The van der Waals surface area contributed by atoms with E-state index in [9.17, 15) is 14.4 Å². The van der Waals surface area contributed by atoms with Crippen LogP contribution in [0.15, 0.2) is 48.9 Å². The Morgan fingerprint density at radius 2 is 2.04 bits per heavy atom. The van der Waals surface area contributed by atoms with Crippen molar-refractivity contribution in [3.05, 3.63) is 60.2 Å². The molecule has 1 aromatic heterocycles. The van der Waals surface area contributed by atoms with E-state index in [0.717, 1.165) is 5.56 Å². The Morgan fingerprint density at radius 1 is 1.21 bits per heavy atom. The number of amides is 3. The number of carbonyl (C=O) groups excluding carboxylic acids is 3. The number of aromatic nitrogens is 2. The van der Waals surface area contributed by atoms with E-state index < -0.39 is 12.1 Å². The SMILES string of the molecule is O=C(N[C@H]1CCN2C(=O)[C@@H](Cc3ccccc3)NC(=O)[C@@H]2C1)c1cnccn1. The molecule has 3 amide bonds. The Hall–Kier alpha value is -3.29. The van der Waals surface area contributed by atoms with Gasteiger partial charge >= 0.3 is 0 Å². The van der Waals surface area contributed by atoms with Crippen molar-refractivity contribution in [2.45, 2.75) is 37.4 Å². The van der Waals surface area contributed by atoms with Crippen molar-refractivity contribution in [2.75, 3.05) is 6.54 Å². The van der Waals surface area contributed by atoms with Gasteiger partial charge in [-0.1, -0.05) is 30.3 Å². The highest BCUT2D eigenvalue weighted by Crippen LogP contribution is 2.23. The lowest BCUT2D eigenvalue weighted by Gasteiger charge is -2.44. The number of nitrogens with one attached hydrogen (secondary N) is 2. The molecule has 0 aliphatic carbocycles. The molecule has 0 radical (unpaired) electrons. The fraction of sp³-hybridized carbons (Fsp3) is 0.350. The fourth-order valence-corrected chi connectivity index (χ4v) is 3.80. The minimum atomic E-state index is -0.555. The number of piperidine rings is 1. The standard InChI is InChI=1S/C20H21N5O3/c26-18(16-12-21-7-8-22-16)23-14-6-9-25-17(11-14)19(27)24-15(20(25)28)10-13-4-2-1-3-5-13/h1-5,7-8,12,14-15,17H,6,9-11H2,(H,23,26)(H,24,27)/t14-,15+,17-/m0/s1. The number of hydrogen-bond acceptors (Lipinski definition) is 5. The fourth-order valence-electron chi connectivity index (χ4n) is 3.80. The summed E-state index contributed by atoms with van der Waals surface area (Å²) in [6.45, 7) is 0.438. The van der Waals surface area contributed by atoms with Crippen LogP contribution in [0.2, 0.25) is 0 Å². The number of rotatable bonds is 4. The van der Waals surface area contributed by atoms with Gasteiger partial charge in [-0.15, -0.1) is 0 Å². The van der Waals surface area contributed by atoms with E-state index in [4.69, 9.17) is 0 Å². The molecule has 2 aromatic rings. The molecule has 2 N–H and O–H groups in total. The van der Waals surface area contributed by atoms with E-state index in [-0.39, 0.29) is 29.5 Å². The first-order valence-corrected chi connectivity index (χ1v) is 9.33. The lowest BCUT2D eigenvalue weighted by atomic mass is 9.91. The quantitative estimate of drug-likeness (QED) is 0.796. The first-order chi connectivity index (χ1) is 13.6. The minimum Gasteiger partial charge on any atom is -0.348 e. The molecule has 0 saturated carbocycles. The summed E-state index contributed by atoms with van der Waals surface area (Å²) in [6.07, 6.45) is 5.81. The van der Waals surface area contributed by atoms with Crippen LogP contribution >= 0.6 is 0 Å². The Morgan fingerprint density at radius 3 is 2.79 bits per heavy atom. The van der Waals surface area contributed by atoms with E-state index in [0.29, 0.717) is 25.8 Å². The molecule has 2 fully saturated rings. The average Bonchev–Trinajstić information content (AvgIpc) is 2.73. The number of hydrogen-bond donors (Lipinski definition) is 2. The van der Waals surface area contributed by atoms with Gasteiger partial charge in [0.15, 0.2) is 0 Å². The molecule has 8 heteroatoms. The van der Waals surface area contributed by atoms with Crippen LogP contribution in [-0.4, -0.2) is 57.3 Å². The summed E-state index contributed by atoms with van der Waals surface area (Å²) in [5.74, 6) is -0.554. The van der Waals surface area contributed by atoms with Gasteiger partial charge in [0.25, 0.3) is 5.91 Å². The molecule has 0 spiro atoms. The second-order valence-electron chi connectivity index (χ2n) is 7.08. The molecule has 3 atom stereocenters. The number of fused-ring (bicyclic) bond motifs is 1. The molecule has 8 nitrogen and oxygen atoms in total. The molecular weight excluding hydrogens is 358 g/mol. The highest BCUT2D eigenvalue weighted by molar-refractivity contribution is 5.97. The highest BCUT2D eigenvalue weighted by Gasteiger charge is 2.44. The number of nitrogens with zero attached hydrogens (tertiary/aromatic N) is 3. The van der Waals surface area contributed by atoms with Gasteiger partial charge in [0.1, 0.15) is 17.8 Å². The molecule has 4 rings (SSSR count). The maximum atomic E-state index is 12.9. The Balaban J connectivity index is 1.40. The smallest absolute Gasteiger partial charge is 0.271 e. The minimum absolute atomic E-state index is 0.0628. The molecular formula is C20H21N5O3. The predicted molar refractivity (Wildman–Crippen MR) is 100 cm³/mol. The van der Waals surface area contributed by atoms with Gasteiger partial charge < -0.3 is 15.5 Å². The summed E-state index contributed by atoms with van der Waals surface area (Å²) in [4.78, 5) is 47.3. The third-order valence-electron chi connectivity index (χ3n) is 5.22. The lowest BCUT2D eigenvalue weighted by Crippen LogP contribution is -2.67.